The Morgan fingerprint density at radius 2 is 1.94 bits per heavy atom. The van der Waals surface area contributed by atoms with Gasteiger partial charge in [0, 0.05) is 22.7 Å². The fraction of sp³-hybridized carbons (Fsp3) is 0.154. The maximum atomic E-state index is 13.6. The number of benzene rings is 3. The van der Waals surface area contributed by atoms with Crippen molar-refractivity contribution in [2.24, 2.45) is 0 Å². The van der Waals surface area contributed by atoms with Gasteiger partial charge in [-0.15, -0.1) is 0 Å². The number of ether oxygens (including phenoxy) is 2. The minimum atomic E-state index is -0.555. The van der Waals surface area contributed by atoms with Gasteiger partial charge >= 0.3 is 0 Å². The first-order chi connectivity index (χ1) is 15.9. The molecule has 0 aliphatic carbocycles. The summed E-state index contributed by atoms with van der Waals surface area (Å²) in [6, 6.07) is 18.3. The SMILES string of the molecule is CCOc1cc(/C=C(\C#N)C(=O)Nc2ccc(OC)cc2)cc(Cl)c1Cc1cccc(F)c1. The maximum Gasteiger partial charge on any atom is 0.266 e. The van der Waals surface area contributed by atoms with Crippen LogP contribution in [-0.4, -0.2) is 19.6 Å². The molecule has 0 aromatic heterocycles. The zero-order chi connectivity index (χ0) is 23.8. The lowest BCUT2D eigenvalue weighted by molar-refractivity contribution is -0.112. The van der Waals surface area contributed by atoms with Gasteiger partial charge in [0.1, 0.15) is 29.0 Å². The van der Waals surface area contributed by atoms with Crippen LogP contribution in [0.3, 0.4) is 0 Å². The van der Waals surface area contributed by atoms with Crippen molar-refractivity contribution in [3.05, 3.63) is 93.8 Å². The molecule has 0 aliphatic heterocycles. The topological polar surface area (TPSA) is 71.3 Å². The van der Waals surface area contributed by atoms with Gasteiger partial charge in [-0.3, -0.25) is 4.79 Å². The molecule has 1 amide bonds. The number of halogens is 2. The fourth-order valence-electron chi connectivity index (χ4n) is 3.21. The summed E-state index contributed by atoms with van der Waals surface area (Å²) in [5.74, 6) is 0.275. The van der Waals surface area contributed by atoms with E-state index in [-0.39, 0.29) is 11.4 Å². The number of anilines is 1. The summed E-state index contributed by atoms with van der Waals surface area (Å²) >= 11 is 6.53. The molecule has 0 saturated carbocycles. The van der Waals surface area contributed by atoms with Gasteiger partial charge in [0.2, 0.25) is 0 Å². The van der Waals surface area contributed by atoms with Crippen LogP contribution in [0.15, 0.2) is 66.2 Å². The Hall–Kier alpha value is -3.82. The van der Waals surface area contributed by atoms with Gasteiger partial charge in [-0.1, -0.05) is 23.7 Å². The van der Waals surface area contributed by atoms with Crippen LogP contribution in [0.4, 0.5) is 10.1 Å². The van der Waals surface area contributed by atoms with E-state index in [1.807, 2.05) is 13.0 Å². The zero-order valence-corrected chi connectivity index (χ0v) is 18.9. The third-order valence-corrected chi connectivity index (χ3v) is 5.11. The van der Waals surface area contributed by atoms with Crippen LogP contribution in [0.5, 0.6) is 11.5 Å². The van der Waals surface area contributed by atoms with Gasteiger partial charge in [0.25, 0.3) is 5.91 Å². The highest BCUT2D eigenvalue weighted by atomic mass is 35.5. The van der Waals surface area contributed by atoms with E-state index >= 15 is 0 Å². The lowest BCUT2D eigenvalue weighted by atomic mass is 10.0. The largest absolute Gasteiger partial charge is 0.497 e. The molecule has 0 heterocycles. The highest BCUT2D eigenvalue weighted by molar-refractivity contribution is 6.31. The molecule has 0 aliphatic rings. The van der Waals surface area contributed by atoms with E-state index in [1.165, 1.54) is 18.2 Å². The Morgan fingerprint density at radius 1 is 1.18 bits per heavy atom. The number of methoxy groups -OCH3 is 1. The van der Waals surface area contributed by atoms with Crippen molar-refractivity contribution in [1.29, 1.82) is 5.26 Å². The molecular weight excluding hydrogens is 443 g/mol. The first kappa shape index (κ1) is 23.8. The zero-order valence-electron chi connectivity index (χ0n) is 18.2. The molecule has 3 aromatic rings. The van der Waals surface area contributed by atoms with Crippen LogP contribution in [-0.2, 0) is 11.2 Å². The average Bonchev–Trinajstić information content (AvgIpc) is 2.80. The average molecular weight is 465 g/mol. The predicted octanol–water partition coefficient (Wildman–Crippen LogP) is 6.02. The molecule has 3 aromatic carbocycles. The number of nitrogens with one attached hydrogen (secondary N) is 1. The third kappa shape index (κ3) is 6.34. The van der Waals surface area contributed by atoms with Gasteiger partial charge in [0.15, 0.2) is 0 Å². The minimum absolute atomic E-state index is 0.0952. The number of hydrogen-bond donors (Lipinski definition) is 1. The number of amides is 1. The molecule has 3 rings (SSSR count). The second-order valence-corrected chi connectivity index (χ2v) is 7.48. The molecule has 0 atom stereocenters. The molecule has 7 heteroatoms. The van der Waals surface area contributed by atoms with E-state index in [9.17, 15) is 14.4 Å². The normalized spacial score (nSPS) is 10.9. The van der Waals surface area contributed by atoms with Crippen LogP contribution in [0, 0.1) is 17.1 Å². The van der Waals surface area contributed by atoms with Crippen LogP contribution in [0.25, 0.3) is 6.08 Å². The summed E-state index contributed by atoms with van der Waals surface area (Å²) in [6.07, 6.45) is 1.82. The highest BCUT2D eigenvalue weighted by Gasteiger charge is 2.14. The van der Waals surface area contributed by atoms with Crippen molar-refractivity contribution in [3.63, 3.8) is 0 Å². The molecule has 168 valence electrons. The van der Waals surface area contributed by atoms with Crippen LogP contribution in [0.2, 0.25) is 5.02 Å². The van der Waals surface area contributed by atoms with E-state index in [2.05, 4.69) is 5.32 Å². The monoisotopic (exact) mass is 464 g/mol. The summed E-state index contributed by atoms with van der Waals surface area (Å²) in [5, 5.41) is 12.6. The van der Waals surface area contributed by atoms with E-state index in [0.717, 1.165) is 5.56 Å². The van der Waals surface area contributed by atoms with Gasteiger partial charge < -0.3 is 14.8 Å². The second-order valence-electron chi connectivity index (χ2n) is 7.07. The third-order valence-electron chi connectivity index (χ3n) is 4.77. The van der Waals surface area contributed by atoms with Crippen molar-refractivity contribution in [2.45, 2.75) is 13.3 Å². The predicted molar refractivity (Wildman–Crippen MR) is 127 cm³/mol. The first-order valence-corrected chi connectivity index (χ1v) is 10.6. The molecule has 0 fully saturated rings. The molecule has 0 saturated heterocycles. The van der Waals surface area contributed by atoms with Crippen LogP contribution >= 0.6 is 11.6 Å². The standard InChI is InChI=1S/C26H22ClFN2O3/c1-3-33-25-15-18(14-24(27)23(25)13-17-5-4-6-20(28)12-17)11-19(16-29)26(31)30-21-7-9-22(32-2)10-8-21/h4-12,14-15H,3,13H2,1-2H3,(H,30,31)/b19-11+. The van der Waals surface area contributed by atoms with E-state index in [1.54, 1.807) is 55.6 Å². The Bertz CT molecular complexity index is 1220. The van der Waals surface area contributed by atoms with Crippen molar-refractivity contribution in [3.8, 4) is 17.6 Å². The fourth-order valence-corrected chi connectivity index (χ4v) is 3.50. The molecule has 0 spiro atoms. The number of nitriles is 1. The summed E-state index contributed by atoms with van der Waals surface area (Å²) < 4.78 is 24.4. The number of nitrogens with zero attached hydrogens (tertiary/aromatic N) is 1. The number of hydrogen-bond acceptors (Lipinski definition) is 4. The molecule has 0 radical (unpaired) electrons. The van der Waals surface area contributed by atoms with Crippen molar-refractivity contribution >= 4 is 29.3 Å². The Labute approximate surface area is 197 Å². The van der Waals surface area contributed by atoms with E-state index in [0.29, 0.717) is 46.4 Å². The Kier molecular flexibility index (Phi) is 8.06. The van der Waals surface area contributed by atoms with E-state index in [4.69, 9.17) is 21.1 Å². The van der Waals surface area contributed by atoms with Gasteiger partial charge in [0.05, 0.1) is 13.7 Å². The Morgan fingerprint density at radius 3 is 2.58 bits per heavy atom. The minimum Gasteiger partial charge on any atom is -0.497 e. The van der Waals surface area contributed by atoms with Gasteiger partial charge in [-0.05, 0) is 72.7 Å². The Balaban J connectivity index is 1.88. The molecule has 0 unspecified atom stereocenters. The van der Waals surface area contributed by atoms with Crippen LogP contribution < -0.4 is 14.8 Å². The first-order valence-electron chi connectivity index (χ1n) is 10.2. The lowest BCUT2D eigenvalue weighted by Gasteiger charge is -2.14. The van der Waals surface area contributed by atoms with Crippen molar-refractivity contribution in [1.82, 2.24) is 0 Å². The van der Waals surface area contributed by atoms with Gasteiger partial charge in [-0.25, -0.2) is 4.39 Å². The van der Waals surface area contributed by atoms with Gasteiger partial charge in [-0.2, -0.15) is 5.26 Å². The van der Waals surface area contributed by atoms with E-state index < -0.39 is 5.91 Å². The molecule has 1 N–H and O–H groups in total. The number of rotatable bonds is 8. The van der Waals surface area contributed by atoms with Crippen molar-refractivity contribution < 1.29 is 18.7 Å². The summed E-state index contributed by atoms with van der Waals surface area (Å²) in [4.78, 5) is 12.6. The lowest BCUT2D eigenvalue weighted by Crippen LogP contribution is -2.13. The molecule has 0 bridgehead atoms. The molecule has 33 heavy (non-hydrogen) atoms. The number of carbonyl (C=O) groups is 1. The molecule has 5 nitrogen and oxygen atoms in total. The second kappa shape index (κ2) is 11.2. The number of carbonyl (C=O) groups excluding carboxylic acids is 1. The smallest absolute Gasteiger partial charge is 0.266 e. The van der Waals surface area contributed by atoms with Crippen LogP contribution in [0.1, 0.15) is 23.6 Å². The summed E-state index contributed by atoms with van der Waals surface area (Å²) in [6.45, 7) is 2.23. The quantitative estimate of drug-likeness (QED) is 0.326. The maximum absolute atomic E-state index is 13.6. The summed E-state index contributed by atoms with van der Waals surface area (Å²) in [7, 11) is 1.55. The highest BCUT2D eigenvalue weighted by Crippen LogP contribution is 2.32. The summed E-state index contributed by atoms with van der Waals surface area (Å²) in [5.41, 5.74) is 2.41. The molecular formula is C26H22ClFN2O3. The van der Waals surface area contributed by atoms with Crippen molar-refractivity contribution in [2.75, 3.05) is 19.0 Å².